The van der Waals surface area contributed by atoms with Gasteiger partial charge < -0.3 is 14.4 Å². The lowest BCUT2D eigenvalue weighted by atomic mass is 10.1. The van der Waals surface area contributed by atoms with Crippen molar-refractivity contribution in [3.63, 3.8) is 0 Å². The summed E-state index contributed by atoms with van der Waals surface area (Å²) >= 11 is 5.35. The van der Waals surface area contributed by atoms with Crippen LogP contribution in [0, 0.1) is 22.7 Å². The van der Waals surface area contributed by atoms with E-state index in [-0.39, 0.29) is 11.0 Å². The first-order valence-corrected chi connectivity index (χ1v) is 9.06. The van der Waals surface area contributed by atoms with Gasteiger partial charge in [0.15, 0.2) is 11.5 Å². The molecule has 9 nitrogen and oxygen atoms in total. The van der Waals surface area contributed by atoms with Gasteiger partial charge in [-0.3, -0.25) is 0 Å². The maximum absolute atomic E-state index is 8.92. The summed E-state index contributed by atoms with van der Waals surface area (Å²) in [5.74, 6) is 1.98. The lowest BCUT2D eigenvalue weighted by Gasteiger charge is -2.14. The minimum absolute atomic E-state index is 0.106. The van der Waals surface area contributed by atoms with Gasteiger partial charge in [-0.25, -0.2) is 19.9 Å². The predicted molar refractivity (Wildman–Crippen MR) is 108 cm³/mol. The number of rotatable bonds is 3. The van der Waals surface area contributed by atoms with Crippen LogP contribution in [-0.2, 0) is 13.1 Å². The zero-order chi connectivity index (χ0) is 21.5. The molecule has 1 aromatic carbocycles. The number of nitrogens with zero attached hydrogens (tertiary/aromatic N) is 7. The van der Waals surface area contributed by atoms with E-state index in [4.69, 9.17) is 31.6 Å². The monoisotopic (exact) mass is 421 g/mol. The highest BCUT2D eigenvalue weighted by Crippen LogP contribution is 2.35. The first kappa shape index (κ1) is 20.8. The summed E-state index contributed by atoms with van der Waals surface area (Å²) in [5, 5.41) is 17.3. The number of methoxy groups -OCH3 is 2. The van der Waals surface area contributed by atoms with E-state index in [0.717, 1.165) is 11.1 Å². The Hall–Kier alpha value is -3.95. The van der Waals surface area contributed by atoms with E-state index in [1.54, 1.807) is 26.5 Å². The highest BCUT2D eigenvalue weighted by Gasteiger charge is 2.23. The molecular formula is C20H16ClN7O2. The maximum atomic E-state index is 8.92. The van der Waals surface area contributed by atoms with Crippen molar-refractivity contribution in [3.8, 4) is 23.6 Å². The van der Waals surface area contributed by atoms with Crippen molar-refractivity contribution in [3.05, 3.63) is 64.5 Å². The molecule has 0 radical (unpaired) electrons. The Kier molecular flexibility index (Phi) is 6.58. The summed E-state index contributed by atoms with van der Waals surface area (Å²) in [6, 6.07) is 10.9. The number of aromatic nitrogens is 4. The standard InChI is InChI=1S/C15H14N4O2.C5H2ClN3/c1-20-13-5-10-8-19(9-11(10)6-14(13)21-2)15-17-4-3-12(7-16)18-15;6-5-8-2-1-4(3-7)9-5/h3-6H,8-9H2,1-2H3;1-2H. The number of fused-ring (bicyclic) bond motifs is 1. The summed E-state index contributed by atoms with van der Waals surface area (Å²) in [5.41, 5.74) is 2.96. The Balaban J connectivity index is 0.000000239. The Morgan fingerprint density at radius 2 is 1.43 bits per heavy atom. The van der Waals surface area contributed by atoms with E-state index >= 15 is 0 Å². The van der Waals surface area contributed by atoms with Crippen LogP contribution in [-0.4, -0.2) is 34.2 Å². The number of nitriles is 2. The molecule has 0 aliphatic carbocycles. The molecule has 0 atom stereocenters. The number of benzene rings is 1. The molecule has 0 saturated carbocycles. The summed E-state index contributed by atoms with van der Waals surface area (Å²) < 4.78 is 10.6. The van der Waals surface area contributed by atoms with E-state index in [0.29, 0.717) is 36.2 Å². The highest BCUT2D eigenvalue weighted by atomic mass is 35.5. The minimum Gasteiger partial charge on any atom is -0.493 e. The molecular weight excluding hydrogens is 406 g/mol. The van der Waals surface area contributed by atoms with Crippen molar-refractivity contribution in [2.45, 2.75) is 13.1 Å². The van der Waals surface area contributed by atoms with Crippen molar-refractivity contribution in [2.75, 3.05) is 19.1 Å². The molecule has 0 unspecified atom stereocenters. The summed E-state index contributed by atoms with van der Waals surface area (Å²) in [6.45, 7) is 1.37. The zero-order valence-corrected chi connectivity index (χ0v) is 17.0. The van der Waals surface area contributed by atoms with Gasteiger partial charge in [-0.05, 0) is 47.0 Å². The van der Waals surface area contributed by atoms with Gasteiger partial charge in [-0.2, -0.15) is 10.5 Å². The van der Waals surface area contributed by atoms with Crippen molar-refractivity contribution in [1.82, 2.24) is 19.9 Å². The van der Waals surface area contributed by atoms with Crippen molar-refractivity contribution >= 4 is 17.5 Å². The maximum Gasteiger partial charge on any atom is 0.227 e. The molecule has 0 bridgehead atoms. The van der Waals surface area contributed by atoms with Crippen LogP contribution in [0.15, 0.2) is 36.7 Å². The van der Waals surface area contributed by atoms with Gasteiger partial charge in [0, 0.05) is 25.5 Å². The largest absolute Gasteiger partial charge is 0.493 e. The molecule has 1 aliphatic rings. The molecule has 0 saturated heterocycles. The summed E-state index contributed by atoms with van der Waals surface area (Å²) in [6.07, 6.45) is 3.04. The van der Waals surface area contributed by atoms with Gasteiger partial charge in [0.1, 0.15) is 23.5 Å². The van der Waals surface area contributed by atoms with Gasteiger partial charge in [0.2, 0.25) is 11.2 Å². The third-order valence-corrected chi connectivity index (χ3v) is 4.39. The fraction of sp³-hybridized carbons (Fsp3) is 0.200. The van der Waals surface area contributed by atoms with Gasteiger partial charge in [0.25, 0.3) is 0 Å². The van der Waals surface area contributed by atoms with Crippen LogP contribution >= 0.6 is 11.6 Å². The minimum atomic E-state index is 0.106. The van der Waals surface area contributed by atoms with Crippen LogP contribution in [0.1, 0.15) is 22.5 Å². The Morgan fingerprint density at radius 3 is 1.90 bits per heavy atom. The Morgan fingerprint density at radius 1 is 0.900 bits per heavy atom. The molecule has 0 amide bonds. The van der Waals surface area contributed by atoms with Crippen molar-refractivity contribution in [2.24, 2.45) is 0 Å². The van der Waals surface area contributed by atoms with Crippen LogP contribution in [0.25, 0.3) is 0 Å². The second-order valence-corrected chi connectivity index (χ2v) is 6.35. The topological polar surface area (TPSA) is 121 Å². The fourth-order valence-corrected chi connectivity index (χ4v) is 2.97. The third-order valence-electron chi connectivity index (χ3n) is 4.21. The Bertz CT molecular complexity index is 1110. The number of hydrogen-bond donors (Lipinski definition) is 0. The van der Waals surface area contributed by atoms with Crippen LogP contribution in [0.3, 0.4) is 0 Å². The van der Waals surface area contributed by atoms with Crippen LogP contribution < -0.4 is 14.4 Å². The molecule has 30 heavy (non-hydrogen) atoms. The average molecular weight is 422 g/mol. The number of hydrogen-bond acceptors (Lipinski definition) is 9. The lowest BCUT2D eigenvalue weighted by molar-refractivity contribution is 0.354. The molecule has 1 aliphatic heterocycles. The molecule has 3 aromatic rings. The number of halogens is 1. The smallest absolute Gasteiger partial charge is 0.227 e. The third kappa shape index (κ3) is 4.72. The quantitative estimate of drug-likeness (QED) is 0.587. The highest BCUT2D eigenvalue weighted by molar-refractivity contribution is 6.28. The van der Waals surface area contributed by atoms with E-state index in [1.807, 2.05) is 29.2 Å². The van der Waals surface area contributed by atoms with Gasteiger partial charge in [-0.15, -0.1) is 0 Å². The average Bonchev–Trinajstić information content (AvgIpc) is 3.21. The second kappa shape index (κ2) is 9.50. The summed E-state index contributed by atoms with van der Waals surface area (Å²) in [7, 11) is 3.24. The molecule has 0 spiro atoms. The second-order valence-electron chi connectivity index (χ2n) is 6.01. The molecule has 0 fully saturated rings. The summed E-state index contributed by atoms with van der Waals surface area (Å²) in [4.78, 5) is 17.7. The Labute approximate surface area is 178 Å². The fourth-order valence-electron chi connectivity index (χ4n) is 2.83. The first-order chi connectivity index (χ1) is 14.6. The SMILES string of the molecule is COc1cc2c(cc1OC)CN(c1nccc(C#N)n1)C2.N#Cc1ccnc(Cl)n1. The molecule has 4 rings (SSSR count). The van der Waals surface area contributed by atoms with E-state index in [1.165, 1.54) is 12.3 Å². The molecule has 3 heterocycles. The van der Waals surface area contributed by atoms with E-state index in [2.05, 4.69) is 19.9 Å². The first-order valence-electron chi connectivity index (χ1n) is 8.68. The van der Waals surface area contributed by atoms with Crippen molar-refractivity contribution < 1.29 is 9.47 Å². The van der Waals surface area contributed by atoms with Gasteiger partial charge in [-0.1, -0.05) is 0 Å². The van der Waals surface area contributed by atoms with Gasteiger partial charge in [0.05, 0.1) is 14.2 Å². The van der Waals surface area contributed by atoms with Crippen LogP contribution in [0.5, 0.6) is 11.5 Å². The number of anilines is 1. The molecule has 2 aromatic heterocycles. The predicted octanol–water partition coefficient (Wildman–Crippen LogP) is 2.89. The zero-order valence-electron chi connectivity index (χ0n) is 16.2. The van der Waals surface area contributed by atoms with E-state index in [9.17, 15) is 0 Å². The number of ether oxygens (including phenoxy) is 2. The van der Waals surface area contributed by atoms with Gasteiger partial charge >= 0.3 is 0 Å². The van der Waals surface area contributed by atoms with Crippen LogP contribution in [0.4, 0.5) is 5.95 Å². The molecule has 150 valence electrons. The van der Waals surface area contributed by atoms with E-state index < -0.39 is 0 Å². The normalized spacial score (nSPS) is 11.4. The van der Waals surface area contributed by atoms with Crippen LogP contribution in [0.2, 0.25) is 5.28 Å². The molecule has 10 heteroatoms. The van der Waals surface area contributed by atoms with Crippen molar-refractivity contribution in [1.29, 1.82) is 10.5 Å². The molecule has 0 N–H and O–H groups in total. The lowest BCUT2D eigenvalue weighted by Crippen LogP contribution is -2.17.